The van der Waals surface area contributed by atoms with Gasteiger partial charge in [-0.05, 0) is 0 Å². The third-order valence-corrected chi connectivity index (χ3v) is 1.44. The van der Waals surface area contributed by atoms with E-state index in [-0.39, 0.29) is 19.8 Å². The number of hydrogen-bond acceptors (Lipinski definition) is 5. The first kappa shape index (κ1) is 14.6. The van der Waals surface area contributed by atoms with Crippen molar-refractivity contribution in [3.05, 3.63) is 0 Å². The molecule has 0 atom stereocenters. The molecule has 5 nitrogen and oxygen atoms in total. The monoisotopic (exact) mass is 234 g/mol. The van der Waals surface area contributed by atoms with Gasteiger partial charge in [-0.3, -0.25) is 0 Å². The van der Waals surface area contributed by atoms with E-state index in [1.54, 1.807) is 11.8 Å². The van der Waals surface area contributed by atoms with Crippen molar-refractivity contribution < 1.29 is 23.8 Å². The van der Waals surface area contributed by atoms with Gasteiger partial charge in [0.05, 0.1) is 0 Å². The van der Waals surface area contributed by atoms with Gasteiger partial charge in [-0.1, -0.05) is 5.92 Å². The van der Waals surface area contributed by atoms with Gasteiger partial charge >= 0.3 is 11.9 Å². The van der Waals surface area contributed by atoms with E-state index in [1.165, 1.54) is 0 Å². The first-order chi connectivity index (χ1) is 8.13. The topological polar surface area (TPSA) is 61.8 Å². The van der Waals surface area contributed by atoms with E-state index in [1.807, 2.05) is 0 Å². The Morgan fingerprint density at radius 1 is 1.00 bits per heavy atom. The largest absolute Gasteiger partial charge is 0.453 e. The highest BCUT2D eigenvalue weighted by Crippen LogP contribution is 1.96. The fourth-order valence-corrected chi connectivity index (χ4v) is 0.731. The van der Waals surface area contributed by atoms with Crippen molar-refractivity contribution in [3.8, 4) is 37.0 Å². The lowest BCUT2D eigenvalue weighted by molar-refractivity contribution is -0.147. The molecule has 0 unspecified atom stereocenters. The maximum Gasteiger partial charge on any atom is 0.384 e. The number of esters is 2. The molecule has 0 aromatic heterocycles. The summed E-state index contributed by atoms with van der Waals surface area (Å²) in [6, 6.07) is 0. The second kappa shape index (κ2) is 8.85. The zero-order valence-corrected chi connectivity index (χ0v) is 8.97. The van der Waals surface area contributed by atoms with Crippen LogP contribution in [0.2, 0.25) is 0 Å². The molecule has 0 spiro atoms. The van der Waals surface area contributed by atoms with Crippen LogP contribution in [0.5, 0.6) is 0 Å². The summed E-state index contributed by atoms with van der Waals surface area (Å²) in [4.78, 5) is 21.4. The van der Waals surface area contributed by atoms with Crippen LogP contribution in [0.3, 0.4) is 0 Å². The van der Waals surface area contributed by atoms with Crippen molar-refractivity contribution in [1.29, 1.82) is 0 Å². The van der Waals surface area contributed by atoms with Crippen molar-refractivity contribution >= 4 is 11.9 Å². The first-order valence-corrected chi connectivity index (χ1v) is 4.45. The number of hydrogen-bond donors (Lipinski definition) is 0. The predicted molar refractivity (Wildman–Crippen MR) is 58.2 cm³/mol. The summed E-state index contributed by atoms with van der Waals surface area (Å²) < 4.78 is 14.3. The van der Waals surface area contributed by atoms with Crippen LogP contribution in [0, 0.1) is 37.0 Å². The van der Waals surface area contributed by atoms with Crippen LogP contribution in [0.4, 0.5) is 0 Å². The normalized spacial score (nSPS) is 8.59. The van der Waals surface area contributed by atoms with Crippen molar-refractivity contribution in [3.63, 3.8) is 0 Å². The molecule has 0 rings (SSSR count). The first-order valence-electron chi connectivity index (χ1n) is 4.45. The predicted octanol–water partition coefficient (Wildman–Crippen LogP) is -0.642. The molecule has 0 saturated heterocycles. The van der Waals surface area contributed by atoms with Crippen molar-refractivity contribution in [2.24, 2.45) is 0 Å². The van der Waals surface area contributed by atoms with Gasteiger partial charge in [0.25, 0.3) is 0 Å². The molecular formula is C12H10O5. The Morgan fingerprint density at radius 2 is 1.47 bits per heavy atom. The lowest BCUT2D eigenvalue weighted by atomic mass is 10.4. The smallest absolute Gasteiger partial charge is 0.384 e. The van der Waals surface area contributed by atoms with E-state index in [2.05, 4.69) is 15.4 Å². The zero-order chi connectivity index (χ0) is 13.1. The van der Waals surface area contributed by atoms with Crippen LogP contribution in [0.1, 0.15) is 0 Å². The van der Waals surface area contributed by atoms with Crippen LogP contribution in [0.15, 0.2) is 0 Å². The number of ether oxygens (including phenoxy) is 3. The molecule has 0 heterocycles. The molecule has 0 amide bonds. The van der Waals surface area contributed by atoms with Crippen molar-refractivity contribution in [2.45, 2.75) is 6.10 Å². The molecule has 0 aliphatic heterocycles. The van der Waals surface area contributed by atoms with Gasteiger partial charge in [-0.25, -0.2) is 9.59 Å². The average Bonchev–Trinajstić information content (AvgIpc) is 2.36. The Labute approximate surface area is 99.4 Å². The molecule has 5 heteroatoms. The fraction of sp³-hybridized carbons (Fsp3) is 0.333. The lowest BCUT2D eigenvalue weighted by Gasteiger charge is -2.15. The SMILES string of the molecule is C#CCOC(COC(=O)C#C)COC(=O)C#C. The van der Waals surface area contributed by atoms with Gasteiger partial charge < -0.3 is 14.2 Å². The molecule has 0 aromatic carbocycles. The van der Waals surface area contributed by atoms with E-state index in [0.717, 1.165) is 0 Å². The van der Waals surface area contributed by atoms with Gasteiger partial charge in [-0.2, -0.15) is 0 Å². The Bertz CT molecular complexity index is 361. The summed E-state index contributed by atoms with van der Waals surface area (Å²) in [6.45, 7) is -0.378. The second-order valence-electron chi connectivity index (χ2n) is 2.62. The number of terminal acetylenes is 3. The summed E-state index contributed by atoms with van der Waals surface area (Å²) in [6.07, 6.45) is 13.9. The van der Waals surface area contributed by atoms with Gasteiger partial charge in [0.1, 0.15) is 25.9 Å². The van der Waals surface area contributed by atoms with E-state index < -0.39 is 18.0 Å². The van der Waals surface area contributed by atoms with Crippen LogP contribution in [-0.2, 0) is 23.8 Å². The maximum atomic E-state index is 10.7. The Balaban J connectivity index is 4.11. The third-order valence-electron chi connectivity index (χ3n) is 1.44. The van der Waals surface area contributed by atoms with Gasteiger partial charge in [-0.15, -0.1) is 19.3 Å². The second-order valence-corrected chi connectivity index (χ2v) is 2.62. The lowest BCUT2D eigenvalue weighted by Crippen LogP contribution is -2.28. The standard InChI is InChI=1S/C12H10O5/c1-4-7-15-10(8-16-11(13)5-2)9-17-12(14)6-3/h1-3,10H,7-9H2. The highest BCUT2D eigenvalue weighted by molar-refractivity contribution is 5.88. The minimum Gasteiger partial charge on any atom is -0.453 e. The third kappa shape index (κ3) is 7.50. The van der Waals surface area contributed by atoms with Gasteiger partial charge in [0.2, 0.25) is 0 Å². The summed E-state index contributed by atoms with van der Waals surface area (Å²) in [5.74, 6) is 4.04. The molecule has 0 fully saturated rings. The van der Waals surface area contributed by atoms with E-state index >= 15 is 0 Å². The molecule has 0 bridgehead atoms. The van der Waals surface area contributed by atoms with Crippen molar-refractivity contribution in [1.82, 2.24) is 0 Å². The quantitative estimate of drug-likeness (QED) is 0.347. The van der Waals surface area contributed by atoms with Crippen LogP contribution in [-0.4, -0.2) is 37.9 Å². The Hall–Kier alpha value is -2.42. The summed E-state index contributed by atoms with van der Waals surface area (Å²) in [7, 11) is 0. The van der Waals surface area contributed by atoms with Gasteiger partial charge in [0, 0.05) is 11.8 Å². The average molecular weight is 234 g/mol. The highest BCUT2D eigenvalue weighted by atomic mass is 16.6. The molecule has 0 saturated carbocycles. The van der Waals surface area contributed by atoms with Crippen LogP contribution < -0.4 is 0 Å². The maximum absolute atomic E-state index is 10.7. The van der Waals surface area contributed by atoms with E-state index in [9.17, 15) is 9.59 Å². The van der Waals surface area contributed by atoms with Gasteiger partial charge in [0.15, 0.2) is 0 Å². The fourth-order valence-electron chi connectivity index (χ4n) is 0.731. The summed E-state index contributed by atoms with van der Waals surface area (Å²) >= 11 is 0. The Morgan fingerprint density at radius 3 is 1.82 bits per heavy atom. The minimum absolute atomic E-state index is 0.0219. The Kier molecular flexibility index (Phi) is 7.59. The molecule has 0 aliphatic carbocycles. The molecule has 0 radical (unpaired) electrons. The summed E-state index contributed by atoms with van der Waals surface area (Å²) in [5, 5.41) is 0. The van der Waals surface area contributed by atoms with Crippen LogP contribution >= 0.6 is 0 Å². The molecule has 0 aliphatic rings. The molecule has 17 heavy (non-hydrogen) atoms. The zero-order valence-electron chi connectivity index (χ0n) is 8.97. The molecular weight excluding hydrogens is 224 g/mol. The van der Waals surface area contributed by atoms with E-state index in [4.69, 9.17) is 24.0 Å². The highest BCUT2D eigenvalue weighted by Gasteiger charge is 2.13. The molecule has 88 valence electrons. The van der Waals surface area contributed by atoms with Crippen molar-refractivity contribution in [2.75, 3.05) is 19.8 Å². The van der Waals surface area contributed by atoms with E-state index in [0.29, 0.717) is 0 Å². The summed E-state index contributed by atoms with van der Waals surface area (Å²) in [5.41, 5.74) is 0. The molecule has 0 N–H and O–H groups in total. The minimum atomic E-state index is -0.845. The number of carbonyl (C=O) groups is 2. The molecule has 0 aromatic rings. The van der Waals surface area contributed by atoms with Crippen LogP contribution in [0.25, 0.3) is 0 Å². The number of carbonyl (C=O) groups excluding carboxylic acids is 2. The number of rotatable bonds is 6.